The minimum absolute atomic E-state index is 0.228. The maximum absolute atomic E-state index is 12.0. The van der Waals surface area contributed by atoms with E-state index in [-0.39, 0.29) is 17.7 Å². The molecule has 0 unspecified atom stereocenters. The molecule has 3 aliphatic rings. The number of fused-ring (bicyclic) bond motifs is 2. The van der Waals surface area contributed by atoms with Gasteiger partial charge in [0.1, 0.15) is 5.60 Å². The molecule has 1 aromatic carbocycles. The quantitative estimate of drug-likeness (QED) is 0.869. The second kappa shape index (κ2) is 7.54. The standard InChI is InChI=1S/C24H29N3O2/c28-23-8-4-14-27(23)21-11-9-18(10-12-21)15-26-16-19-5-3-6-20(17-26)24(19,29)22-7-1-2-13-25-22/h1-2,7,9-13,19-20,29H,3-6,8,14-17H2/t19-,20-/m0/s1. The van der Waals surface area contributed by atoms with E-state index in [4.69, 9.17) is 0 Å². The number of hydrogen-bond acceptors (Lipinski definition) is 4. The lowest BCUT2D eigenvalue weighted by atomic mass is 9.64. The molecule has 1 saturated carbocycles. The first-order valence-electron chi connectivity index (χ1n) is 10.9. The van der Waals surface area contributed by atoms with Crippen molar-refractivity contribution in [2.75, 3.05) is 24.5 Å². The highest BCUT2D eigenvalue weighted by atomic mass is 16.3. The van der Waals surface area contributed by atoms with Crippen molar-refractivity contribution in [3.63, 3.8) is 0 Å². The molecule has 5 nitrogen and oxygen atoms in total. The molecular weight excluding hydrogens is 362 g/mol. The zero-order valence-electron chi connectivity index (χ0n) is 16.8. The Morgan fingerprint density at radius 2 is 1.79 bits per heavy atom. The van der Waals surface area contributed by atoms with Crippen LogP contribution in [-0.4, -0.2) is 40.5 Å². The molecule has 2 atom stereocenters. The van der Waals surface area contributed by atoms with E-state index in [1.54, 1.807) is 6.20 Å². The van der Waals surface area contributed by atoms with E-state index < -0.39 is 5.60 Å². The van der Waals surface area contributed by atoms with Crippen LogP contribution < -0.4 is 4.90 Å². The van der Waals surface area contributed by atoms with Gasteiger partial charge in [-0.3, -0.25) is 14.7 Å². The summed E-state index contributed by atoms with van der Waals surface area (Å²) in [5, 5.41) is 11.7. The highest BCUT2D eigenvalue weighted by Crippen LogP contribution is 2.48. The molecule has 29 heavy (non-hydrogen) atoms. The van der Waals surface area contributed by atoms with Crippen LogP contribution in [0.4, 0.5) is 5.69 Å². The summed E-state index contributed by atoms with van der Waals surface area (Å²) in [6.45, 7) is 3.52. The van der Waals surface area contributed by atoms with Gasteiger partial charge in [0, 0.05) is 56.3 Å². The summed E-state index contributed by atoms with van der Waals surface area (Å²) < 4.78 is 0. The fraction of sp³-hybridized carbons (Fsp3) is 0.500. The minimum atomic E-state index is -0.796. The fourth-order valence-corrected chi connectivity index (χ4v) is 5.65. The smallest absolute Gasteiger partial charge is 0.227 e. The van der Waals surface area contributed by atoms with Crippen LogP contribution in [0, 0.1) is 11.8 Å². The number of anilines is 1. The molecule has 1 aliphatic carbocycles. The molecule has 1 N–H and O–H groups in total. The molecule has 152 valence electrons. The largest absolute Gasteiger partial charge is 0.383 e. The summed E-state index contributed by atoms with van der Waals surface area (Å²) in [6, 6.07) is 14.3. The fourth-order valence-electron chi connectivity index (χ4n) is 5.65. The van der Waals surface area contributed by atoms with Crippen LogP contribution in [0.25, 0.3) is 0 Å². The molecule has 3 fully saturated rings. The normalized spacial score (nSPS) is 30.0. The summed E-state index contributed by atoms with van der Waals surface area (Å²) in [7, 11) is 0. The summed E-state index contributed by atoms with van der Waals surface area (Å²) >= 11 is 0. The topological polar surface area (TPSA) is 56.7 Å². The van der Waals surface area contributed by atoms with Gasteiger partial charge >= 0.3 is 0 Å². The van der Waals surface area contributed by atoms with E-state index in [2.05, 4.69) is 34.1 Å². The molecule has 1 aromatic heterocycles. The monoisotopic (exact) mass is 391 g/mol. The molecule has 3 heterocycles. The van der Waals surface area contributed by atoms with E-state index >= 15 is 0 Å². The number of nitrogens with zero attached hydrogens (tertiary/aromatic N) is 3. The Balaban J connectivity index is 1.30. The van der Waals surface area contributed by atoms with Crippen LogP contribution in [0.2, 0.25) is 0 Å². The summed E-state index contributed by atoms with van der Waals surface area (Å²) in [4.78, 5) is 20.9. The molecule has 2 bridgehead atoms. The van der Waals surface area contributed by atoms with Gasteiger partial charge in [0.05, 0.1) is 5.69 Å². The van der Waals surface area contributed by atoms with E-state index in [1.807, 2.05) is 23.1 Å². The first kappa shape index (κ1) is 18.8. The zero-order chi connectivity index (χ0) is 19.8. The van der Waals surface area contributed by atoms with Crippen LogP contribution in [0.1, 0.15) is 43.4 Å². The van der Waals surface area contributed by atoms with Crippen LogP contribution >= 0.6 is 0 Å². The minimum Gasteiger partial charge on any atom is -0.383 e. The molecule has 0 spiro atoms. The van der Waals surface area contributed by atoms with Crippen molar-refractivity contribution in [2.24, 2.45) is 11.8 Å². The lowest BCUT2D eigenvalue weighted by Crippen LogP contribution is -2.58. The zero-order valence-corrected chi connectivity index (χ0v) is 16.8. The van der Waals surface area contributed by atoms with Gasteiger partial charge in [0.25, 0.3) is 0 Å². The number of piperidine rings is 1. The van der Waals surface area contributed by atoms with Crippen LogP contribution in [0.15, 0.2) is 48.7 Å². The maximum Gasteiger partial charge on any atom is 0.227 e. The van der Waals surface area contributed by atoms with Gasteiger partial charge in [-0.05, 0) is 49.1 Å². The van der Waals surface area contributed by atoms with Gasteiger partial charge in [-0.15, -0.1) is 0 Å². The molecule has 2 aromatic rings. The highest BCUT2D eigenvalue weighted by Gasteiger charge is 2.52. The number of benzene rings is 1. The van der Waals surface area contributed by atoms with Gasteiger partial charge in [0.15, 0.2) is 0 Å². The molecule has 2 saturated heterocycles. The van der Waals surface area contributed by atoms with E-state index in [0.717, 1.165) is 56.8 Å². The number of rotatable bonds is 4. The SMILES string of the molecule is O=C1CCCN1c1ccc(CN2C[C@@H]3CCC[C@@H](C2)C3(O)c2ccccn2)cc1. The molecule has 5 heteroatoms. The second-order valence-electron chi connectivity index (χ2n) is 8.87. The van der Waals surface area contributed by atoms with Crippen molar-refractivity contribution in [3.05, 3.63) is 59.9 Å². The number of amides is 1. The van der Waals surface area contributed by atoms with Crippen molar-refractivity contribution in [3.8, 4) is 0 Å². The van der Waals surface area contributed by atoms with Crippen molar-refractivity contribution < 1.29 is 9.90 Å². The first-order chi connectivity index (χ1) is 14.1. The Morgan fingerprint density at radius 3 is 2.41 bits per heavy atom. The molecule has 0 radical (unpaired) electrons. The number of carbonyl (C=O) groups excluding carboxylic acids is 1. The van der Waals surface area contributed by atoms with E-state index in [0.29, 0.717) is 6.42 Å². The lowest BCUT2D eigenvalue weighted by molar-refractivity contribution is -0.151. The van der Waals surface area contributed by atoms with Crippen LogP contribution in [0.5, 0.6) is 0 Å². The van der Waals surface area contributed by atoms with Crippen molar-refractivity contribution in [2.45, 2.75) is 44.2 Å². The third-order valence-electron chi connectivity index (χ3n) is 7.11. The third kappa shape index (κ3) is 3.36. The van der Waals surface area contributed by atoms with Crippen molar-refractivity contribution in [1.82, 2.24) is 9.88 Å². The predicted octanol–water partition coefficient (Wildman–Crippen LogP) is 3.33. The highest BCUT2D eigenvalue weighted by molar-refractivity contribution is 5.95. The van der Waals surface area contributed by atoms with E-state index in [1.165, 1.54) is 12.0 Å². The average Bonchev–Trinajstić information content (AvgIpc) is 3.16. The van der Waals surface area contributed by atoms with Gasteiger partial charge in [-0.1, -0.05) is 24.6 Å². The molecule has 5 rings (SSSR count). The number of carbonyl (C=O) groups is 1. The third-order valence-corrected chi connectivity index (χ3v) is 7.11. The average molecular weight is 392 g/mol. The molecular formula is C24H29N3O2. The Labute approximate surface area is 172 Å². The maximum atomic E-state index is 12.0. The number of aliphatic hydroxyl groups is 1. The van der Waals surface area contributed by atoms with Crippen molar-refractivity contribution >= 4 is 11.6 Å². The summed E-state index contributed by atoms with van der Waals surface area (Å²) in [6.07, 6.45) is 6.71. The molecule has 1 amide bonds. The van der Waals surface area contributed by atoms with Gasteiger partial charge < -0.3 is 10.0 Å². The number of hydrogen-bond donors (Lipinski definition) is 1. The van der Waals surface area contributed by atoms with E-state index in [9.17, 15) is 9.90 Å². The van der Waals surface area contributed by atoms with Crippen LogP contribution in [-0.2, 0) is 16.9 Å². The van der Waals surface area contributed by atoms with Gasteiger partial charge in [0.2, 0.25) is 5.91 Å². The van der Waals surface area contributed by atoms with Crippen molar-refractivity contribution in [1.29, 1.82) is 0 Å². The Morgan fingerprint density at radius 1 is 1.03 bits per heavy atom. The summed E-state index contributed by atoms with van der Waals surface area (Å²) in [5.74, 6) is 0.688. The van der Waals surface area contributed by atoms with Gasteiger partial charge in [-0.2, -0.15) is 0 Å². The lowest BCUT2D eigenvalue weighted by Gasteiger charge is -2.52. The summed E-state index contributed by atoms with van der Waals surface area (Å²) in [5.41, 5.74) is 2.32. The Hall–Kier alpha value is -2.24. The Kier molecular flexibility index (Phi) is 4.88. The molecule has 2 aliphatic heterocycles. The number of aromatic nitrogens is 1. The van der Waals surface area contributed by atoms with Gasteiger partial charge in [-0.25, -0.2) is 0 Å². The van der Waals surface area contributed by atoms with Crippen LogP contribution in [0.3, 0.4) is 0 Å². The Bertz CT molecular complexity index is 853. The first-order valence-corrected chi connectivity index (χ1v) is 10.9. The predicted molar refractivity (Wildman–Crippen MR) is 112 cm³/mol. The number of likely N-dealkylation sites (tertiary alicyclic amines) is 1. The number of pyridine rings is 1. The second-order valence-corrected chi connectivity index (χ2v) is 8.87.